The van der Waals surface area contributed by atoms with Crippen LogP contribution in [0.25, 0.3) is 12.2 Å². The Morgan fingerprint density at radius 2 is 1.03 bits per heavy atom. The van der Waals surface area contributed by atoms with Crippen LogP contribution in [0.4, 0.5) is 0 Å². The lowest BCUT2D eigenvalue weighted by atomic mass is 10.2. The van der Waals surface area contributed by atoms with Crippen molar-refractivity contribution in [3.63, 3.8) is 0 Å². The van der Waals surface area contributed by atoms with E-state index in [-0.39, 0.29) is 0 Å². The lowest BCUT2D eigenvalue weighted by molar-refractivity contribution is 0.244. The standard InChI is InChI=1S/C26H34O4/c1-5-11-21-13-15-23(27-7-3)25(19-21)29-17-9-10-18-30-26-20-22(12-6-2)14-16-24(26)28-8-4/h5-6,11-16,19-20H,7-10,17-18H2,1-4H3/b11-5+,12-6+. The molecule has 30 heavy (non-hydrogen) atoms. The highest BCUT2D eigenvalue weighted by atomic mass is 16.5. The van der Waals surface area contributed by atoms with Crippen LogP contribution < -0.4 is 18.9 Å². The van der Waals surface area contributed by atoms with Gasteiger partial charge in [0.15, 0.2) is 23.0 Å². The maximum atomic E-state index is 5.99. The molecular weight excluding hydrogens is 376 g/mol. The van der Waals surface area contributed by atoms with Crippen LogP contribution in [0.1, 0.15) is 51.7 Å². The zero-order valence-electron chi connectivity index (χ0n) is 18.6. The number of rotatable bonds is 13. The summed E-state index contributed by atoms with van der Waals surface area (Å²) in [7, 11) is 0. The van der Waals surface area contributed by atoms with E-state index in [4.69, 9.17) is 18.9 Å². The van der Waals surface area contributed by atoms with Gasteiger partial charge in [-0.25, -0.2) is 0 Å². The van der Waals surface area contributed by atoms with E-state index in [2.05, 4.69) is 0 Å². The monoisotopic (exact) mass is 410 g/mol. The van der Waals surface area contributed by atoms with Gasteiger partial charge in [-0.05, 0) is 75.9 Å². The molecule has 0 bridgehead atoms. The largest absolute Gasteiger partial charge is 0.490 e. The van der Waals surface area contributed by atoms with Crippen molar-refractivity contribution in [2.75, 3.05) is 26.4 Å². The summed E-state index contributed by atoms with van der Waals surface area (Å²) in [6, 6.07) is 12.0. The van der Waals surface area contributed by atoms with Gasteiger partial charge in [0.05, 0.1) is 26.4 Å². The third kappa shape index (κ3) is 7.51. The maximum Gasteiger partial charge on any atom is 0.161 e. The molecule has 162 valence electrons. The van der Waals surface area contributed by atoms with Gasteiger partial charge < -0.3 is 18.9 Å². The van der Waals surface area contributed by atoms with Gasteiger partial charge in [0, 0.05) is 0 Å². The van der Waals surface area contributed by atoms with Crippen molar-refractivity contribution >= 4 is 12.2 Å². The molecule has 2 rings (SSSR count). The highest BCUT2D eigenvalue weighted by molar-refractivity contribution is 5.56. The Labute approximate surface area is 181 Å². The van der Waals surface area contributed by atoms with Crippen LogP contribution in [-0.4, -0.2) is 26.4 Å². The number of ether oxygens (including phenoxy) is 4. The Hall–Kier alpha value is -2.88. The van der Waals surface area contributed by atoms with Gasteiger partial charge in [0.1, 0.15) is 0 Å². The maximum absolute atomic E-state index is 5.99. The Bertz CT molecular complexity index is 754. The lowest BCUT2D eigenvalue weighted by Gasteiger charge is -2.14. The quantitative estimate of drug-likeness (QED) is 0.341. The minimum Gasteiger partial charge on any atom is -0.490 e. The van der Waals surface area contributed by atoms with Crippen LogP contribution in [0.2, 0.25) is 0 Å². The number of unbranched alkanes of at least 4 members (excludes halogenated alkanes) is 1. The fourth-order valence-electron chi connectivity index (χ4n) is 2.99. The molecule has 2 aromatic rings. The van der Waals surface area contributed by atoms with Crippen molar-refractivity contribution in [1.82, 2.24) is 0 Å². The Balaban J connectivity index is 1.86. The molecule has 0 saturated heterocycles. The summed E-state index contributed by atoms with van der Waals surface area (Å²) in [4.78, 5) is 0. The van der Waals surface area contributed by atoms with Crippen molar-refractivity contribution in [3.05, 3.63) is 59.7 Å². The molecule has 0 amide bonds. The number of hydrogen-bond donors (Lipinski definition) is 0. The third-order valence-electron chi connectivity index (χ3n) is 4.31. The predicted molar refractivity (Wildman–Crippen MR) is 125 cm³/mol. The summed E-state index contributed by atoms with van der Waals surface area (Å²) in [6.45, 7) is 10.4. The first-order valence-corrected chi connectivity index (χ1v) is 10.8. The summed E-state index contributed by atoms with van der Waals surface area (Å²) < 4.78 is 23.3. The minimum atomic E-state index is 0.611. The first-order chi connectivity index (χ1) is 14.7. The van der Waals surface area contributed by atoms with Gasteiger partial charge >= 0.3 is 0 Å². The van der Waals surface area contributed by atoms with E-state index in [0.29, 0.717) is 26.4 Å². The van der Waals surface area contributed by atoms with E-state index >= 15 is 0 Å². The summed E-state index contributed by atoms with van der Waals surface area (Å²) in [5.74, 6) is 3.13. The van der Waals surface area contributed by atoms with Crippen LogP contribution >= 0.6 is 0 Å². The van der Waals surface area contributed by atoms with Gasteiger partial charge in [-0.2, -0.15) is 0 Å². The first-order valence-electron chi connectivity index (χ1n) is 10.8. The smallest absolute Gasteiger partial charge is 0.161 e. The topological polar surface area (TPSA) is 36.9 Å². The second-order valence-electron chi connectivity index (χ2n) is 6.68. The van der Waals surface area contributed by atoms with Crippen molar-refractivity contribution in [2.45, 2.75) is 40.5 Å². The molecule has 4 heteroatoms. The van der Waals surface area contributed by atoms with E-state index in [9.17, 15) is 0 Å². The molecule has 0 spiro atoms. The van der Waals surface area contributed by atoms with Crippen LogP contribution in [0.5, 0.6) is 23.0 Å². The first kappa shape index (κ1) is 23.4. The van der Waals surface area contributed by atoms with E-state index in [1.54, 1.807) is 0 Å². The van der Waals surface area contributed by atoms with Crippen molar-refractivity contribution in [1.29, 1.82) is 0 Å². The molecule has 0 aliphatic heterocycles. The lowest BCUT2D eigenvalue weighted by Crippen LogP contribution is -2.05. The zero-order valence-corrected chi connectivity index (χ0v) is 18.6. The Kier molecular flexibility index (Phi) is 10.4. The van der Waals surface area contributed by atoms with Gasteiger partial charge in [-0.15, -0.1) is 0 Å². The summed E-state index contributed by atoms with van der Waals surface area (Å²) in [5.41, 5.74) is 2.20. The molecule has 2 aromatic carbocycles. The molecule has 0 aliphatic carbocycles. The summed E-state index contributed by atoms with van der Waals surface area (Å²) >= 11 is 0. The molecule has 0 aromatic heterocycles. The van der Waals surface area contributed by atoms with Crippen molar-refractivity contribution < 1.29 is 18.9 Å². The SMILES string of the molecule is C/C=C/c1ccc(OCC)c(OCCCCOc2cc(/C=C/C)ccc2OCC)c1. The molecule has 0 fully saturated rings. The van der Waals surface area contributed by atoms with Crippen molar-refractivity contribution in [3.8, 4) is 23.0 Å². The fraction of sp³-hybridized carbons (Fsp3) is 0.385. The van der Waals surface area contributed by atoms with E-state index in [1.165, 1.54) is 0 Å². The molecule has 0 aliphatic rings. The minimum absolute atomic E-state index is 0.611. The Morgan fingerprint density at radius 1 is 0.600 bits per heavy atom. The van der Waals surface area contributed by atoms with Crippen LogP contribution in [0, 0.1) is 0 Å². The molecular formula is C26H34O4. The summed E-state index contributed by atoms with van der Waals surface area (Å²) in [5, 5.41) is 0. The number of benzene rings is 2. The molecule has 4 nitrogen and oxygen atoms in total. The van der Waals surface area contributed by atoms with Gasteiger partial charge in [-0.1, -0.05) is 36.4 Å². The zero-order chi connectivity index (χ0) is 21.6. The summed E-state index contributed by atoms with van der Waals surface area (Å²) in [6.07, 6.45) is 9.90. The normalized spacial score (nSPS) is 11.2. The van der Waals surface area contributed by atoms with Crippen LogP contribution in [0.15, 0.2) is 48.6 Å². The third-order valence-corrected chi connectivity index (χ3v) is 4.31. The fourth-order valence-corrected chi connectivity index (χ4v) is 2.99. The highest BCUT2D eigenvalue weighted by Gasteiger charge is 2.07. The van der Waals surface area contributed by atoms with Gasteiger partial charge in [-0.3, -0.25) is 0 Å². The molecule has 0 N–H and O–H groups in total. The van der Waals surface area contributed by atoms with Gasteiger partial charge in [0.25, 0.3) is 0 Å². The van der Waals surface area contributed by atoms with E-state index < -0.39 is 0 Å². The number of allylic oxidation sites excluding steroid dienone is 2. The molecule has 0 radical (unpaired) electrons. The average molecular weight is 411 g/mol. The molecule has 0 saturated carbocycles. The van der Waals surface area contributed by atoms with Gasteiger partial charge in [0.2, 0.25) is 0 Å². The predicted octanol–water partition coefficient (Wildman–Crippen LogP) is 6.79. The van der Waals surface area contributed by atoms with Crippen LogP contribution in [-0.2, 0) is 0 Å². The molecule has 0 unspecified atom stereocenters. The van der Waals surface area contributed by atoms with Crippen molar-refractivity contribution in [2.24, 2.45) is 0 Å². The second-order valence-corrected chi connectivity index (χ2v) is 6.68. The molecule has 0 heterocycles. The number of hydrogen-bond acceptors (Lipinski definition) is 4. The van der Waals surface area contributed by atoms with E-state index in [1.807, 2.05) is 88.4 Å². The highest BCUT2D eigenvalue weighted by Crippen LogP contribution is 2.30. The van der Waals surface area contributed by atoms with Crippen LogP contribution in [0.3, 0.4) is 0 Å². The molecule has 0 atom stereocenters. The van der Waals surface area contributed by atoms with E-state index in [0.717, 1.165) is 47.0 Å². The Morgan fingerprint density at radius 3 is 1.40 bits per heavy atom. The average Bonchev–Trinajstić information content (AvgIpc) is 2.74. The second kappa shape index (κ2) is 13.4.